The normalized spacial score (nSPS) is 17.4. The second-order valence-electron chi connectivity index (χ2n) is 11.4. The van der Waals surface area contributed by atoms with Crippen LogP contribution in [0.3, 0.4) is 0 Å². The Morgan fingerprint density at radius 1 is 1.00 bits per heavy atom. The molecule has 0 radical (unpaired) electrons. The molecule has 2 aromatic rings. The van der Waals surface area contributed by atoms with Crippen LogP contribution in [0.1, 0.15) is 56.9 Å². The molecule has 2 fully saturated rings. The molecule has 38 heavy (non-hydrogen) atoms. The summed E-state index contributed by atoms with van der Waals surface area (Å²) in [5, 5.41) is 3.08. The van der Waals surface area contributed by atoms with E-state index >= 15 is 0 Å². The Morgan fingerprint density at radius 2 is 1.71 bits per heavy atom. The molecule has 0 unspecified atom stereocenters. The first-order valence-corrected chi connectivity index (χ1v) is 13.7. The fourth-order valence-electron chi connectivity index (χ4n) is 4.84. The van der Waals surface area contributed by atoms with Gasteiger partial charge in [-0.05, 0) is 76.8 Å². The maximum Gasteiger partial charge on any atom is 0.508 e. The van der Waals surface area contributed by atoms with Gasteiger partial charge in [0.2, 0.25) is 0 Å². The lowest BCUT2D eigenvalue weighted by Gasteiger charge is -2.37. The molecule has 4 rings (SSSR count). The fraction of sp³-hybridized carbons (Fsp3) is 0.586. The van der Waals surface area contributed by atoms with Gasteiger partial charge in [0.15, 0.2) is 5.76 Å². The van der Waals surface area contributed by atoms with Crippen molar-refractivity contribution in [1.82, 2.24) is 4.90 Å². The molecule has 0 spiro atoms. The van der Waals surface area contributed by atoms with Gasteiger partial charge in [-0.1, -0.05) is 6.92 Å². The fourth-order valence-corrected chi connectivity index (χ4v) is 4.84. The maximum absolute atomic E-state index is 12.9. The van der Waals surface area contributed by atoms with Gasteiger partial charge in [0, 0.05) is 51.5 Å². The Kier molecular flexibility index (Phi) is 8.87. The first-order valence-electron chi connectivity index (χ1n) is 13.7. The van der Waals surface area contributed by atoms with Crippen molar-refractivity contribution in [1.29, 1.82) is 0 Å². The number of ether oxygens (including phenoxy) is 2. The molecule has 0 bridgehead atoms. The van der Waals surface area contributed by atoms with Crippen LogP contribution in [-0.2, 0) is 9.47 Å². The van der Waals surface area contributed by atoms with Crippen molar-refractivity contribution in [2.45, 2.75) is 53.1 Å². The molecule has 0 atom stereocenters. The summed E-state index contributed by atoms with van der Waals surface area (Å²) in [7, 11) is 0. The number of nitrogens with zero attached hydrogens (tertiary/aromatic N) is 3. The van der Waals surface area contributed by atoms with Crippen molar-refractivity contribution in [3.63, 3.8) is 0 Å². The lowest BCUT2D eigenvalue weighted by molar-refractivity contribution is -0.0104. The minimum Gasteiger partial charge on any atom is -0.456 e. The van der Waals surface area contributed by atoms with Crippen LogP contribution in [0.25, 0.3) is 0 Å². The number of piperazine rings is 1. The van der Waals surface area contributed by atoms with E-state index in [9.17, 15) is 9.59 Å². The minimum absolute atomic E-state index is 0.236. The van der Waals surface area contributed by atoms with Crippen molar-refractivity contribution in [2.75, 3.05) is 67.5 Å². The van der Waals surface area contributed by atoms with Gasteiger partial charge in [-0.15, -0.1) is 0 Å². The molecule has 1 aromatic heterocycles. The largest absolute Gasteiger partial charge is 0.508 e. The van der Waals surface area contributed by atoms with Gasteiger partial charge < -0.3 is 29.0 Å². The highest BCUT2D eigenvalue weighted by molar-refractivity contribution is 6.04. The zero-order valence-corrected chi connectivity index (χ0v) is 23.4. The van der Waals surface area contributed by atoms with E-state index in [1.54, 1.807) is 12.1 Å². The first-order chi connectivity index (χ1) is 18.1. The molecule has 0 saturated carbocycles. The average Bonchev–Trinajstić information content (AvgIpc) is 3.31. The quantitative estimate of drug-likeness (QED) is 0.496. The van der Waals surface area contributed by atoms with Gasteiger partial charge in [0.1, 0.15) is 18.0 Å². The number of amides is 1. The lowest BCUT2D eigenvalue weighted by atomic mass is 9.98. The van der Waals surface area contributed by atoms with Crippen LogP contribution in [0, 0.1) is 12.8 Å². The molecule has 3 heterocycles. The molecule has 9 nitrogen and oxygen atoms in total. The number of furan rings is 1. The standard InChI is InChI=1S/C29H42N4O5/c1-21-10-12-33(13-11-21)25-20-23(7-8-24(25)30-27(34)26-9-6-22(2)37-26)32-16-14-31(15-17-32)18-19-36-28(35)38-29(3,4)5/h6-9,20-21H,10-19H2,1-5H3,(H,30,34). The third-order valence-corrected chi connectivity index (χ3v) is 7.07. The molecule has 1 N–H and O–H groups in total. The summed E-state index contributed by atoms with van der Waals surface area (Å²) < 4.78 is 16.0. The molecular formula is C29H42N4O5. The van der Waals surface area contributed by atoms with Crippen LogP contribution >= 0.6 is 0 Å². The van der Waals surface area contributed by atoms with Gasteiger partial charge in [0.25, 0.3) is 5.91 Å². The second kappa shape index (κ2) is 12.1. The van der Waals surface area contributed by atoms with Crippen LogP contribution in [0.15, 0.2) is 34.7 Å². The van der Waals surface area contributed by atoms with E-state index in [4.69, 9.17) is 13.9 Å². The van der Waals surface area contributed by atoms with Crippen LogP contribution < -0.4 is 15.1 Å². The number of aryl methyl sites for hydroxylation is 1. The van der Waals surface area contributed by atoms with E-state index in [1.807, 2.05) is 33.8 Å². The van der Waals surface area contributed by atoms with Gasteiger partial charge >= 0.3 is 6.16 Å². The average molecular weight is 527 g/mol. The second-order valence-corrected chi connectivity index (χ2v) is 11.4. The van der Waals surface area contributed by atoms with Crippen molar-refractivity contribution in [2.24, 2.45) is 5.92 Å². The zero-order chi connectivity index (χ0) is 27.3. The van der Waals surface area contributed by atoms with Crippen molar-refractivity contribution in [3.05, 3.63) is 41.9 Å². The molecule has 2 aliphatic rings. The van der Waals surface area contributed by atoms with Gasteiger partial charge in [-0.2, -0.15) is 0 Å². The van der Waals surface area contributed by atoms with Crippen LogP contribution in [0.4, 0.5) is 21.9 Å². The van der Waals surface area contributed by atoms with Gasteiger partial charge in [-0.3, -0.25) is 9.69 Å². The molecule has 208 valence electrons. The Hall–Kier alpha value is -3.20. The summed E-state index contributed by atoms with van der Waals surface area (Å²) in [4.78, 5) is 31.7. The number of rotatable bonds is 7. The summed E-state index contributed by atoms with van der Waals surface area (Å²) in [6.45, 7) is 16.1. The third-order valence-electron chi connectivity index (χ3n) is 7.07. The Labute approximate surface area is 226 Å². The summed E-state index contributed by atoms with van der Waals surface area (Å²) in [5.41, 5.74) is 2.46. The predicted octanol–water partition coefficient (Wildman–Crippen LogP) is 5.15. The number of piperidine rings is 1. The highest BCUT2D eigenvalue weighted by Gasteiger charge is 2.24. The lowest BCUT2D eigenvalue weighted by Crippen LogP contribution is -2.47. The Bertz CT molecular complexity index is 1090. The van der Waals surface area contributed by atoms with Crippen molar-refractivity contribution in [3.8, 4) is 0 Å². The zero-order valence-electron chi connectivity index (χ0n) is 23.4. The van der Waals surface area contributed by atoms with E-state index in [0.717, 1.165) is 69.2 Å². The molecular weight excluding hydrogens is 484 g/mol. The summed E-state index contributed by atoms with van der Waals surface area (Å²) >= 11 is 0. The summed E-state index contributed by atoms with van der Waals surface area (Å²) in [6.07, 6.45) is 1.66. The van der Waals surface area contributed by atoms with Crippen LogP contribution in [0.5, 0.6) is 0 Å². The number of hydrogen-bond donors (Lipinski definition) is 1. The molecule has 1 amide bonds. The molecule has 9 heteroatoms. The summed E-state index contributed by atoms with van der Waals surface area (Å²) in [6, 6.07) is 9.81. The topological polar surface area (TPSA) is 87.5 Å². The Morgan fingerprint density at radius 3 is 2.34 bits per heavy atom. The maximum atomic E-state index is 12.9. The monoisotopic (exact) mass is 526 g/mol. The van der Waals surface area contributed by atoms with Crippen LogP contribution in [-0.4, -0.2) is 75.0 Å². The third kappa shape index (κ3) is 7.66. The first kappa shape index (κ1) is 27.8. The SMILES string of the molecule is Cc1ccc(C(=O)Nc2ccc(N3CCN(CCOC(=O)OC(C)(C)C)CC3)cc2N2CCC(C)CC2)o1. The molecule has 2 saturated heterocycles. The van der Waals surface area contributed by atoms with Crippen LogP contribution in [0.2, 0.25) is 0 Å². The number of nitrogens with one attached hydrogen (secondary N) is 1. The minimum atomic E-state index is -0.620. The Balaban J connectivity index is 1.38. The van der Waals surface area contributed by atoms with Gasteiger partial charge in [-0.25, -0.2) is 4.79 Å². The van der Waals surface area contributed by atoms with E-state index in [-0.39, 0.29) is 5.91 Å². The highest BCUT2D eigenvalue weighted by Crippen LogP contribution is 2.34. The van der Waals surface area contributed by atoms with E-state index in [1.165, 1.54) is 0 Å². The summed E-state index contributed by atoms with van der Waals surface area (Å²) in [5.74, 6) is 1.51. The number of carbonyl (C=O) groups is 2. The predicted molar refractivity (Wildman–Crippen MR) is 149 cm³/mol. The molecule has 1 aromatic carbocycles. The molecule has 0 aliphatic carbocycles. The number of carbonyl (C=O) groups excluding carboxylic acids is 2. The smallest absolute Gasteiger partial charge is 0.456 e. The highest BCUT2D eigenvalue weighted by atomic mass is 16.7. The van der Waals surface area contributed by atoms with E-state index in [2.05, 4.69) is 39.1 Å². The van der Waals surface area contributed by atoms with E-state index in [0.29, 0.717) is 30.6 Å². The molecule has 2 aliphatic heterocycles. The number of hydrogen-bond acceptors (Lipinski definition) is 8. The number of benzene rings is 1. The van der Waals surface area contributed by atoms with Crippen molar-refractivity contribution < 1.29 is 23.5 Å². The van der Waals surface area contributed by atoms with E-state index < -0.39 is 11.8 Å². The van der Waals surface area contributed by atoms with Gasteiger partial charge in [0.05, 0.1) is 11.4 Å². The number of anilines is 3. The van der Waals surface area contributed by atoms with Crippen molar-refractivity contribution >= 4 is 29.1 Å².